The van der Waals surface area contributed by atoms with Crippen molar-refractivity contribution >= 4 is 56.4 Å². The molecule has 4 aliphatic rings. The highest BCUT2D eigenvalue weighted by molar-refractivity contribution is 7.99. The molecule has 3 heterocycles. The van der Waals surface area contributed by atoms with Gasteiger partial charge >= 0.3 is 12.5 Å². The summed E-state index contributed by atoms with van der Waals surface area (Å²) in [7, 11) is -2.45. The zero-order chi connectivity index (χ0) is 44.6. The molecular weight excluding hydrogens is 856 g/mol. The van der Waals surface area contributed by atoms with Crippen LogP contribution in [-0.4, -0.2) is 108 Å². The fourth-order valence-corrected chi connectivity index (χ4v) is 10.3. The summed E-state index contributed by atoms with van der Waals surface area (Å²) >= 11 is 1.47. The maximum Gasteiger partial charge on any atom is 0.573 e. The SMILES string of the molecule is COc1ccc2c(O[C@@H]3C[C@H]4C(=O)N[C@]5(C(=O)NS(=O)(=O)C6CC6)C[C@H]5CCCCCSC[C@H](NC(=O)OC(C)(C)C)C(=O)N4C3)nc(-c3ccc(OC(F)(F)F)cc3)cc2c1. The third kappa shape index (κ3) is 10.8. The van der Waals surface area contributed by atoms with Crippen LogP contribution in [0, 0.1) is 5.92 Å². The van der Waals surface area contributed by atoms with Crippen LogP contribution in [0.1, 0.15) is 72.1 Å². The second-order valence-corrected chi connectivity index (χ2v) is 20.2. The van der Waals surface area contributed by atoms with Gasteiger partial charge in [-0.15, -0.1) is 13.2 Å². The van der Waals surface area contributed by atoms with E-state index in [0.29, 0.717) is 52.8 Å². The van der Waals surface area contributed by atoms with Gasteiger partial charge in [0.1, 0.15) is 40.8 Å². The van der Waals surface area contributed by atoms with Crippen LogP contribution in [0.2, 0.25) is 0 Å². The quantitative estimate of drug-likeness (QED) is 0.233. The number of alkyl carbamates (subject to hydrolysis) is 1. The van der Waals surface area contributed by atoms with E-state index in [2.05, 4.69) is 20.1 Å². The Labute approximate surface area is 361 Å². The molecular formula is C42H50F3N5O10S2. The Hall–Kier alpha value is -4.98. The number of halogens is 3. The number of fused-ring (bicyclic) bond motifs is 3. The normalized spacial score (nSPS) is 25.0. The average molecular weight is 906 g/mol. The summed E-state index contributed by atoms with van der Waals surface area (Å²) in [6.45, 7) is 4.92. The van der Waals surface area contributed by atoms with Gasteiger partial charge in [-0.1, -0.05) is 12.8 Å². The maximum atomic E-state index is 14.7. The van der Waals surface area contributed by atoms with Gasteiger partial charge < -0.3 is 34.5 Å². The highest BCUT2D eigenvalue weighted by atomic mass is 32.2. The number of carbonyl (C=O) groups excluding carboxylic acids is 4. The molecule has 0 unspecified atom stereocenters. The van der Waals surface area contributed by atoms with Crippen LogP contribution in [-0.2, 0) is 29.1 Å². The molecule has 2 saturated heterocycles. The van der Waals surface area contributed by atoms with E-state index in [4.69, 9.17) is 19.2 Å². The number of pyridine rings is 1. The zero-order valence-electron chi connectivity index (χ0n) is 34.7. The number of aromatic nitrogens is 1. The molecule has 20 heteroatoms. The molecule has 62 heavy (non-hydrogen) atoms. The largest absolute Gasteiger partial charge is 0.573 e. The number of methoxy groups -OCH3 is 1. The van der Waals surface area contributed by atoms with Crippen molar-refractivity contribution in [2.45, 2.75) is 113 Å². The van der Waals surface area contributed by atoms with Crippen LogP contribution in [0.15, 0.2) is 48.5 Å². The first-order valence-corrected chi connectivity index (χ1v) is 23.2. The molecule has 2 aliphatic carbocycles. The van der Waals surface area contributed by atoms with Gasteiger partial charge in [-0.05, 0) is 118 Å². The van der Waals surface area contributed by atoms with Crippen molar-refractivity contribution in [1.82, 2.24) is 25.2 Å². The molecule has 15 nitrogen and oxygen atoms in total. The zero-order valence-corrected chi connectivity index (χ0v) is 36.3. The van der Waals surface area contributed by atoms with E-state index in [1.807, 2.05) is 0 Å². The van der Waals surface area contributed by atoms with E-state index in [1.54, 1.807) is 45.0 Å². The number of thioether (sulfide) groups is 1. The second-order valence-electron chi connectivity index (χ2n) is 17.1. The number of amides is 4. The van der Waals surface area contributed by atoms with E-state index >= 15 is 0 Å². The molecule has 0 bridgehead atoms. The van der Waals surface area contributed by atoms with Crippen molar-refractivity contribution in [2.24, 2.45) is 5.92 Å². The third-order valence-corrected chi connectivity index (χ3v) is 14.1. The minimum atomic E-state index is -4.88. The number of hydrogen-bond donors (Lipinski definition) is 3. The van der Waals surface area contributed by atoms with Gasteiger partial charge in [-0.2, -0.15) is 11.8 Å². The lowest BCUT2D eigenvalue weighted by molar-refractivity contribution is -0.274. The van der Waals surface area contributed by atoms with Crippen LogP contribution in [0.4, 0.5) is 18.0 Å². The fraction of sp³-hybridized carbons (Fsp3) is 0.548. The lowest BCUT2D eigenvalue weighted by Crippen LogP contribution is -2.58. The lowest BCUT2D eigenvalue weighted by Gasteiger charge is -2.30. The Bertz CT molecular complexity index is 2310. The molecule has 2 aliphatic heterocycles. The maximum absolute atomic E-state index is 14.7. The number of ether oxygens (including phenoxy) is 4. The van der Waals surface area contributed by atoms with Gasteiger partial charge in [0.05, 0.1) is 24.6 Å². The second kappa shape index (κ2) is 17.7. The Balaban J connectivity index is 1.22. The minimum absolute atomic E-state index is 0.0837. The predicted molar refractivity (Wildman–Crippen MR) is 223 cm³/mol. The summed E-state index contributed by atoms with van der Waals surface area (Å²) in [5.41, 5.74) is -1.62. The summed E-state index contributed by atoms with van der Waals surface area (Å²) in [4.78, 5) is 62.2. The molecule has 0 radical (unpaired) electrons. The molecule has 3 N–H and O–H groups in total. The topological polar surface area (TPSA) is 192 Å². The van der Waals surface area contributed by atoms with Crippen molar-refractivity contribution in [1.29, 1.82) is 0 Å². The lowest BCUT2D eigenvalue weighted by atomic mass is 10.1. The smallest absolute Gasteiger partial charge is 0.497 e. The van der Waals surface area contributed by atoms with Crippen LogP contribution in [0.3, 0.4) is 0 Å². The molecule has 2 saturated carbocycles. The van der Waals surface area contributed by atoms with E-state index in [9.17, 15) is 40.8 Å². The summed E-state index contributed by atoms with van der Waals surface area (Å²) < 4.78 is 88.3. The number of rotatable bonds is 9. The van der Waals surface area contributed by atoms with Crippen molar-refractivity contribution in [3.8, 4) is 28.6 Å². The highest BCUT2D eigenvalue weighted by Gasteiger charge is 2.62. The van der Waals surface area contributed by atoms with Crippen molar-refractivity contribution in [3.63, 3.8) is 0 Å². The molecule has 1 aromatic heterocycles. The number of sulfonamides is 1. The van der Waals surface area contributed by atoms with Crippen LogP contribution in [0.5, 0.6) is 17.4 Å². The van der Waals surface area contributed by atoms with Gasteiger partial charge in [0.25, 0.3) is 5.91 Å². The van der Waals surface area contributed by atoms with Crippen molar-refractivity contribution in [2.75, 3.05) is 25.2 Å². The Morgan fingerprint density at radius 1 is 0.984 bits per heavy atom. The summed E-state index contributed by atoms with van der Waals surface area (Å²) in [6.07, 6.45) is -2.69. The van der Waals surface area contributed by atoms with Crippen LogP contribution in [0.25, 0.3) is 22.0 Å². The van der Waals surface area contributed by atoms with Gasteiger partial charge in [-0.3, -0.25) is 19.1 Å². The minimum Gasteiger partial charge on any atom is -0.497 e. The number of alkyl halides is 3. The average Bonchev–Trinajstić information content (AvgIpc) is 4.12. The number of nitrogens with one attached hydrogen (secondary N) is 3. The number of carbonyl (C=O) groups is 4. The Morgan fingerprint density at radius 2 is 1.71 bits per heavy atom. The third-order valence-electron chi connectivity index (χ3n) is 11.2. The molecule has 2 aromatic carbocycles. The Kier molecular flexibility index (Phi) is 12.8. The number of hydrogen-bond acceptors (Lipinski definition) is 12. The molecule has 336 valence electrons. The first-order valence-electron chi connectivity index (χ1n) is 20.5. The van der Waals surface area contributed by atoms with Gasteiger partial charge in [0.2, 0.25) is 27.7 Å². The molecule has 4 amide bonds. The van der Waals surface area contributed by atoms with Crippen LogP contribution >= 0.6 is 11.8 Å². The van der Waals surface area contributed by atoms with Gasteiger partial charge in [-0.25, -0.2) is 18.2 Å². The summed E-state index contributed by atoms with van der Waals surface area (Å²) in [6, 6.07) is 9.65. The molecule has 5 atom stereocenters. The fourth-order valence-electron chi connectivity index (χ4n) is 7.88. The van der Waals surface area contributed by atoms with E-state index < -0.39 is 80.5 Å². The first kappa shape index (κ1) is 45.1. The summed E-state index contributed by atoms with van der Waals surface area (Å²) in [5.74, 6) is -1.41. The standard InChI is InChI=1S/C42H50F3N5O10S2/c1-40(2,3)60-39(54)47-33-23-61-17-7-5-6-8-26-21-41(26,38(53)49-62(55,56)30-14-15-30)48-35(51)34-20-29(22-50(34)37(33)52)58-36-31-16-13-28(57-4)18-25(31)19-32(46-36)24-9-11-27(12-10-24)59-42(43,44)45/h9-13,16,18-19,26,29-30,33-34H,5-8,14-15,17,20-23H2,1-4H3,(H,47,54)(H,48,51)(H,49,53)/t26-,29-,33+,34+,41-/m1/s1. The van der Waals surface area contributed by atoms with Crippen molar-refractivity contribution in [3.05, 3.63) is 48.5 Å². The van der Waals surface area contributed by atoms with Crippen LogP contribution < -0.4 is 29.6 Å². The van der Waals surface area contributed by atoms with Gasteiger partial charge in [0.15, 0.2) is 0 Å². The monoisotopic (exact) mass is 905 g/mol. The predicted octanol–water partition coefficient (Wildman–Crippen LogP) is 5.84. The first-order chi connectivity index (χ1) is 29.2. The van der Waals surface area contributed by atoms with E-state index in [0.717, 1.165) is 31.4 Å². The van der Waals surface area contributed by atoms with E-state index in [-0.39, 0.29) is 36.9 Å². The molecule has 3 aromatic rings. The highest BCUT2D eigenvalue weighted by Crippen LogP contribution is 2.48. The van der Waals surface area contributed by atoms with E-state index in [1.165, 1.54) is 35.9 Å². The van der Waals surface area contributed by atoms with Crippen molar-refractivity contribution < 1.29 is 59.7 Å². The molecule has 4 fully saturated rings. The molecule has 7 rings (SSSR count). The number of benzene rings is 2. The number of nitrogens with zero attached hydrogens (tertiary/aromatic N) is 2. The van der Waals surface area contributed by atoms with Gasteiger partial charge in [0, 0.05) is 23.1 Å². The molecule has 0 spiro atoms. The summed E-state index contributed by atoms with van der Waals surface area (Å²) in [5, 5.41) is 6.05. The Morgan fingerprint density at radius 3 is 2.39 bits per heavy atom.